The van der Waals surface area contributed by atoms with E-state index in [4.69, 9.17) is 17.0 Å². The lowest BCUT2D eigenvalue weighted by molar-refractivity contribution is 0.0974. The number of amides is 2. The second kappa shape index (κ2) is 12.5. The van der Waals surface area contributed by atoms with Crippen molar-refractivity contribution < 1.29 is 14.3 Å². The molecule has 0 aliphatic rings. The Balaban J connectivity index is 1.25. The van der Waals surface area contributed by atoms with E-state index in [0.717, 1.165) is 12.1 Å². The largest absolute Gasteiger partial charge is 0.493 e. The van der Waals surface area contributed by atoms with E-state index >= 15 is 0 Å². The quantitative estimate of drug-likeness (QED) is 0.298. The summed E-state index contributed by atoms with van der Waals surface area (Å²) in [7, 11) is 1.73. The summed E-state index contributed by atoms with van der Waals surface area (Å²) in [5, 5.41) is 5.81. The Morgan fingerprint density at radius 1 is 0.784 bits per heavy atom. The van der Waals surface area contributed by atoms with Crippen LogP contribution in [0.2, 0.25) is 0 Å². The lowest BCUT2D eigenvalue weighted by Crippen LogP contribution is -2.34. The summed E-state index contributed by atoms with van der Waals surface area (Å²) in [5.74, 6) is 0.242. The van der Waals surface area contributed by atoms with Crippen LogP contribution in [0, 0.1) is 0 Å². The number of thiocarbonyl (C=S) groups is 1. The van der Waals surface area contributed by atoms with Gasteiger partial charge in [-0.05, 0) is 78.4 Å². The van der Waals surface area contributed by atoms with Gasteiger partial charge >= 0.3 is 0 Å². The number of anilines is 2. The Morgan fingerprint density at radius 3 is 2.03 bits per heavy atom. The molecule has 2 N–H and O–H groups in total. The molecule has 0 fully saturated rings. The van der Waals surface area contributed by atoms with Crippen molar-refractivity contribution in [3.8, 4) is 5.75 Å². The van der Waals surface area contributed by atoms with Crippen molar-refractivity contribution in [1.82, 2.24) is 5.32 Å². The van der Waals surface area contributed by atoms with Crippen LogP contribution in [0.4, 0.5) is 11.4 Å². The summed E-state index contributed by atoms with van der Waals surface area (Å²) in [5.41, 5.74) is 3.68. The van der Waals surface area contributed by atoms with Gasteiger partial charge in [0.15, 0.2) is 5.11 Å². The van der Waals surface area contributed by atoms with Gasteiger partial charge in [0.1, 0.15) is 5.75 Å². The third-order valence-electron chi connectivity index (χ3n) is 5.68. The van der Waals surface area contributed by atoms with Crippen molar-refractivity contribution in [2.75, 3.05) is 23.9 Å². The van der Waals surface area contributed by atoms with Crippen molar-refractivity contribution in [3.63, 3.8) is 0 Å². The minimum Gasteiger partial charge on any atom is -0.493 e. The van der Waals surface area contributed by atoms with Crippen LogP contribution < -0.4 is 20.3 Å². The first-order valence-electron chi connectivity index (χ1n) is 11.8. The number of carbonyl (C=O) groups is 2. The lowest BCUT2D eigenvalue weighted by atomic mass is 10.1. The number of ether oxygens (including phenoxy) is 1. The number of benzene rings is 4. The predicted octanol–water partition coefficient (Wildman–Crippen LogP) is 5.71. The summed E-state index contributed by atoms with van der Waals surface area (Å²) >= 11 is 5.29. The summed E-state index contributed by atoms with van der Waals surface area (Å²) in [6.07, 6.45) is 0.807. The molecule has 0 heterocycles. The van der Waals surface area contributed by atoms with E-state index < -0.39 is 0 Å². The average Bonchev–Trinajstić information content (AvgIpc) is 2.94. The first kappa shape index (κ1) is 25.6. The number of carbonyl (C=O) groups excluding carboxylic acids is 2. The van der Waals surface area contributed by atoms with Gasteiger partial charge in [-0.15, -0.1) is 0 Å². The molecule has 0 aliphatic carbocycles. The van der Waals surface area contributed by atoms with Crippen molar-refractivity contribution in [1.29, 1.82) is 0 Å². The fraction of sp³-hybridized carbons (Fsp3) is 0.100. The van der Waals surface area contributed by atoms with Crippen LogP contribution in [0.1, 0.15) is 26.3 Å². The molecule has 0 bridgehead atoms. The van der Waals surface area contributed by atoms with Crippen LogP contribution in [0.3, 0.4) is 0 Å². The van der Waals surface area contributed by atoms with Crippen LogP contribution in [0.5, 0.6) is 5.75 Å². The average molecular weight is 510 g/mol. The first-order valence-corrected chi connectivity index (χ1v) is 12.2. The zero-order valence-electron chi connectivity index (χ0n) is 20.4. The van der Waals surface area contributed by atoms with Crippen LogP contribution in [-0.4, -0.2) is 30.6 Å². The summed E-state index contributed by atoms with van der Waals surface area (Å²) < 4.78 is 5.77. The third-order valence-corrected chi connectivity index (χ3v) is 5.89. The zero-order valence-corrected chi connectivity index (χ0v) is 21.2. The molecule has 0 saturated heterocycles. The van der Waals surface area contributed by atoms with Gasteiger partial charge in [0.25, 0.3) is 11.8 Å². The molecule has 0 spiro atoms. The molecule has 0 unspecified atom stereocenters. The highest BCUT2D eigenvalue weighted by Crippen LogP contribution is 2.17. The number of nitrogens with one attached hydrogen (secondary N) is 2. The second-order valence-corrected chi connectivity index (χ2v) is 8.70. The maximum atomic E-state index is 12.7. The van der Waals surface area contributed by atoms with E-state index in [9.17, 15) is 9.59 Å². The topological polar surface area (TPSA) is 70.7 Å². The Hall–Kier alpha value is -4.49. The van der Waals surface area contributed by atoms with E-state index in [0.29, 0.717) is 29.2 Å². The van der Waals surface area contributed by atoms with Gasteiger partial charge in [-0.3, -0.25) is 14.9 Å². The molecule has 0 aromatic heterocycles. The predicted molar refractivity (Wildman–Crippen MR) is 151 cm³/mol. The minimum atomic E-state index is -0.329. The minimum absolute atomic E-state index is 0.124. The van der Waals surface area contributed by atoms with Crippen molar-refractivity contribution >= 4 is 40.5 Å². The highest BCUT2D eigenvalue weighted by molar-refractivity contribution is 7.80. The molecule has 2 amide bonds. The summed E-state index contributed by atoms with van der Waals surface area (Å²) in [6, 6.07) is 33.4. The van der Waals surface area contributed by atoms with E-state index in [2.05, 4.69) is 22.8 Å². The van der Waals surface area contributed by atoms with Gasteiger partial charge in [0.05, 0.1) is 6.61 Å². The standard InChI is InChI=1S/C30H27N3O3S/c1-33(26-10-6-3-7-11-26)29(35)24-12-16-25(17-13-24)31-30(37)32-28(34)23-14-18-27(19-15-23)36-21-20-22-8-4-2-5-9-22/h2-19H,20-21H2,1H3,(H2,31,32,34,37). The van der Waals surface area contributed by atoms with Gasteiger partial charge < -0.3 is 15.0 Å². The molecule has 0 aliphatic heterocycles. The molecular formula is C30H27N3O3S. The number of hydrogen-bond donors (Lipinski definition) is 2. The monoisotopic (exact) mass is 509 g/mol. The summed E-state index contributed by atoms with van der Waals surface area (Å²) in [4.78, 5) is 26.9. The van der Waals surface area contributed by atoms with Crippen molar-refractivity contribution in [2.24, 2.45) is 0 Å². The highest BCUT2D eigenvalue weighted by Gasteiger charge is 2.13. The fourth-order valence-electron chi connectivity index (χ4n) is 3.63. The van der Waals surface area contributed by atoms with Crippen molar-refractivity contribution in [2.45, 2.75) is 6.42 Å². The number of rotatable bonds is 8. The van der Waals surface area contributed by atoms with Crippen LogP contribution in [0.25, 0.3) is 0 Å². The van der Waals surface area contributed by atoms with E-state index in [1.165, 1.54) is 5.56 Å². The van der Waals surface area contributed by atoms with E-state index in [1.54, 1.807) is 60.5 Å². The number of para-hydroxylation sites is 1. The molecule has 37 heavy (non-hydrogen) atoms. The normalized spacial score (nSPS) is 10.3. The highest BCUT2D eigenvalue weighted by atomic mass is 32.1. The van der Waals surface area contributed by atoms with Gasteiger partial charge in [0.2, 0.25) is 0 Å². The van der Waals surface area contributed by atoms with E-state index in [-0.39, 0.29) is 16.9 Å². The molecule has 186 valence electrons. The SMILES string of the molecule is CN(C(=O)c1ccc(NC(=S)NC(=O)c2ccc(OCCc3ccccc3)cc2)cc1)c1ccccc1. The Morgan fingerprint density at radius 2 is 1.38 bits per heavy atom. The molecule has 0 atom stereocenters. The smallest absolute Gasteiger partial charge is 0.258 e. The lowest BCUT2D eigenvalue weighted by Gasteiger charge is -2.17. The maximum Gasteiger partial charge on any atom is 0.258 e. The molecule has 4 aromatic carbocycles. The van der Waals surface area contributed by atoms with Gasteiger partial charge in [-0.1, -0.05) is 48.5 Å². The number of nitrogens with zero attached hydrogens (tertiary/aromatic N) is 1. The molecule has 0 saturated carbocycles. The molecular weight excluding hydrogens is 482 g/mol. The van der Waals surface area contributed by atoms with Gasteiger partial charge in [0, 0.05) is 36.0 Å². The van der Waals surface area contributed by atoms with Crippen LogP contribution in [0.15, 0.2) is 109 Å². The fourth-order valence-corrected chi connectivity index (χ4v) is 3.84. The van der Waals surface area contributed by atoms with Gasteiger partial charge in [-0.2, -0.15) is 0 Å². The molecule has 4 aromatic rings. The van der Waals surface area contributed by atoms with Crippen molar-refractivity contribution in [3.05, 3.63) is 126 Å². The van der Waals surface area contributed by atoms with Crippen LogP contribution in [-0.2, 0) is 6.42 Å². The molecule has 6 nitrogen and oxygen atoms in total. The van der Waals surface area contributed by atoms with Crippen LogP contribution >= 0.6 is 12.2 Å². The van der Waals surface area contributed by atoms with E-state index in [1.807, 2.05) is 48.5 Å². The Labute approximate surface area is 221 Å². The molecule has 4 rings (SSSR count). The molecule has 0 radical (unpaired) electrons. The van der Waals surface area contributed by atoms with Gasteiger partial charge in [-0.25, -0.2) is 0 Å². The Kier molecular flexibility index (Phi) is 8.62. The first-order chi connectivity index (χ1) is 18.0. The summed E-state index contributed by atoms with van der Waals surface area (Å²) in [6.45, 7) is 0.552. The molecule has 7 heteroatoms. The second-order valence-electron chi connectivity index (χ2n) is 8.29. The zero-order chi connectivity index (χ0) is 26.0. The number of hydrogen-bond acceptors (Lipinski definition) is 4. The maximum absolute atomic E-state index is 12.7. The third kappa shape index (κ3) is 7.25. The Bertz CT molecular complexity index is 1340.